The van der Waals surface area contributed by atoms with Crippen molar-refractivity contribution in [1.29, 1.82) is 0 Å². The van der Waals surface area contributed by atoms with Crippen molar-refractivity contribution in [2.45, 2.75) is 19.5 Å². The molecule has 168 valence electrons. The predicted octanol–water partition coefficient (Wildman–Crippen LogP) is 2.39. The van der Waals surface area contributed by atoms with Gasteiger partial charge >= 0.3 is 11.7 Å². The Hall–Kier alpha value is -3.43. The van der Waals surface area contributed by atoms with E-state index in [1.54, 1.807) is 12.3 Å². The number of furan rings is 1. The minimum absolute atomic E-state index is 0.0675. The van der Waals surface area contributed by atoms with E-state index in [1.165, 1.54) is 10.8 Å². The summed E-state index contributed by atoms with van der Waals surface area (Å²) < 4.78 is 12.8. The van der Waals surface area contributed by atoms with Crippen LogP contribution in [-0.4, -0.2) is 53.3 Å². The first kappa shape index (κ1) is 21.8. The van der Waals surface area contributed by atoms with Gasteiger partial charge in [0.1, 0.15) is 11.5 Å². The molecule has 0 aliphatic carbocycles. The maximum atomic E-state index is 12.6. The molecule has 2 aromatic heterocycles. The van der Waals surface area contributed by atoms with E-state index < -0.39 is 0 Å². The van der Waals surface area contributed by atoms with Gasteiger partial charge in [-0.25, -0.2) is 14.6 Å². The first-order valence-electron chi connectivity index (χ1n) is 10.6. The minimum Gasteiger partial charge on any atom is -0.465 e. The van der Waals surface area contributed by atoms with Crippen molar-refractivity contribution in [2.24, 2.45) is 0 Å². The molecule has 0 saturated carbocycles. The first-order chi connectivity index (χ1) is 15.6. The highest BCUT2D eigenvalue weighted by molar-refractivity contribution is 5.89. The number of aryl methyl sites for hydroxylation is 1. The van der Waals surface area contributed by atoms with Gasteiger partial charge in [0.2, 0.25) is 0 Å². The highest BCUT2D eigenvalue weighted by atomic mass is 16.5. The summed E-state index contributed by atoms with van der Waals surface area (Å²) in [7, 11) is 0. The van der Waals surface area contributed by atoms with E-state index in [2.05, 4.69) is 20.5 Å². The Labute approximate surface area is 186 Å². The number of nitrogens with one attached hydrogen (secondary N) is 2. The number of aromatic nitrogens is 2. The highest BCUT2D eigenvalue weighted by Crippen LogP contribution is 2.23. The summed E-state index contributed by atoms with van der Waals surface area (Å²) in [5.41, 5.74) is 1.22. The number of ether oxygens (including phenoxy) is 1. The summed E-state index contributed by atoms with van der Waals surface area (Å²) in [6.07, 6.45) is 3.15. The number of hydrogen-bond acceptors (Lipinski definition) is 6. The van der Waals surface area contributed by atoms with Gasteiger partial charge in [0, 0.05) is 37.7 Å². The molecule has 1 saturated heterocycles. The van der Waals surface area contributed by atoms with E-state index >= 15 is 0 Å². The van der Waals surface area contributed by atoms with Gasteiger partial charge in [0.05, 0.1) is 25.8 Å². The molecule has 9 heteroatoms. The molecule has 3 heterocycles. The lowest BCUT2D eigenvalue weighted by molar-refractivity contribution is 0.0122. The molecular weight excluding hydrogens is 410 g/mol. The van der Waals surface area contributed by atoms with Gasteiger partial charge in [-0.05, 0) is 42.8 Å². The number of amides is 2. The van der Waals surface area contributed by atoms with Gasteiger partial charge in [-0.1, -0.05) is 12.1 Å². The van der Waals surface area contributed by atoms with E-state index in [9.17, 15) is 9.59 Å². The number of benzene rings is 1. The number of hydrogen-bond donors (Lipinski definition) is 2. The number of rotatable bonds is 7. The van der Waals surface area contributed by atoms with Crippen molar-refractivity contribution in [2.75, 3.05) is 38.2 Å². The first-order valence-corrected chi connectivity index (χ1v) is 10.6. The van der Waals surface area contributed by atoms with Crippen molar-refractivity contribution in [3.05, 3.63) is 82.4 Å². The summed E-state index contributed by atoms with van der Waals surface area (Å²) in [6.45, 7) is 5.58. The molecule has 2 amide bonds. The summed E-state index contributed by atoms with van der Waals surface area (Å²) in [5, 5.41) is 5.83. The standard InChI is InChI=1S/C23H27N5O4/c1-17-6-7-21(32-17)20(27-10-12-31-13-11-27)15-25-22(29)26-19-5-2-4-18(14-19)16-28-9-3-8-24-23(28)30/h2-9,14,20H,10-13,15-16H2,1H3,(H2,25,26,29). The van der Waals surface area contributed by atoms with E-state index in [4.69, 9.17) is 9.15 Å². The molecule has 1 unspecified atom stereocenters. The van der Waals surface area contributed by atoms with Crippen LogP contribution in [0, 0.1) is 6.92 Å². The maximum absolute atomic E-state index is 12.6. The molecule has 32 heavy (non-hydrogen) atoms. The van der Waals surface area contributed by atoms with Gasteiger partial charge in [0.25, 0.3) is 0 Å². The largest absolute Gasteiger partial charge is 0.465 e. The van der Waals surface area contributed by atoms with Gasteiger partial charge < -0.3 is 19.8 Å². The Bertz CT molecular complexity index is 1100. The van der Waals surface area contributed by atoms with Gasteiger partial charge in [-0.2, -0.15) is 0 Å². The Balaban J connectivity index is 1.38. The summed E-state index contributed by atoms with van der Waals surface area (Å²) in [5.74, 6) is 1.67. The zero-order chi connectivity index (χ0) is 22.3. The van der Waals surface area contributed by atoms with Crippen LogP contribution in [0.15, 0.2) is 64.1 Å². The van der Waals surface area contributed by atoms with Gasteiger partial charge in [-0.3, -0.25) is 9.47 Å². The second kappa shape index (κ2) is 10.3. The van der Waals surface area contributed by atoms with Crippen LogP contribution in [0.3, 0.4) is 0 Å². The lowest BCUT2D eigenvalue weighted by Crippen LogP contribution is -2.44. The van der Waals surface area contributed by atoms with Crippen LogP contribution in [-0.2, 0) is 11.3 Å². The SMILES string of the molecule is Cc1ccc(C(CNC(=O)Nc2cccc(Cn3cccnc3=O)c2)N2CCOCC2)o1. The van der Waals surface area contributed by atoms with Crippen molar-refractivity contribution in [1.82, 2.24) is 19.8 Å². The monoisotopic (exact) mass is 437 g/mol. The summed E-state index contributed by atoms with van der Waals surface area (Å²) in [4.78, 5) is 30.5. The fraction of sp³-hybridized carbons (Fsp3) is 0.348. The zero-order valence-corrected chi connectivity index (χ0v) is 18.0. The summed E-state index contributed by atoms with van der Waals surface area (Å²) in [6, 6.07) is 12.6. The van der Waals surface area contributed by atoms with Crippen LogP contribution in [0.4, 0.5) is 10.5 Å². The van der Waals surface area contributed by atoms with Gasteiger partial charge in [-0.15, -0.1) is 0 Å². The zero-order valence-electron chi connectivity index (χ0n) is 18.0. The molecule has 0 spiro atoms. The minimum atomic E-state index is -0.314. The lowest BCUT2D eigenvalue weighted by atomic mass is 10.1. The molecule has 4 rings (SSSR count). The molecular formula is C23H27N5O4. The molecule has 0 radical (unpaired) electrons. The van der Waals surface area contributed by atoms with Crippen molar-refractivity contribution >= 4 is 11.7 Å². The second-order valence-electron chi connectivity index (χ2n) is 7.68. The number of nitrogens with zero attached hydrogens (tertiary/aromatic N) is 3. The van der Waals surface area contributed by atoms with Crippen LogP contribution >= 0.6 is 0 Å². The molecule has 3 aromatic rings. The average molecular weight is 438 g/mol. The number of carbonyl (C=O) groups excluding carboxylic acids is 1. The van der Waals surface area contributed by atoms with Crippen LogP contribution in [0.2, 0.25) is 0 Å². The van der Waals surface area contributed by atoms with E-state index in [0.717, 1.165) is 30.2 Å². The average Bonchev–Trinajstić information content (AvgIpc) is 3.22. The Morgan fingerprint density at radius 3 is 2.78 bits per heavy atom. The number of anilines is 1. The highest BCUT2D eigenvalue weighted by Gasteiger charge is 2.25. The molecule has 9 nitrogen and oxygen atoms in total. The van der Waals surface area contributed by atoms with Crippen LogP contribution in [0.1, 0.15) is 23.1 Å². The van der Waals surface area contributed by atoms with Crippen molar-refractivity contribution < 1.29 is 13.9 Å². The lowest BCUT2D eigenvalue weighted by Gasteiger charge is -2.33. The third kappa shape index (κ3) is 5.63. The quantitative estimate of drug-likeness (QED) is 0.589. The van der Waals surface area contributed by atoms with E-state index in [-0.39, 0.29) is 17.8 Å². The topological polar surface area (TPSA) is 102 Å². The summed E-state index contributed by atoms with van der Waals surface area (Å²) >= 11 is 0. The Morgan fingerprint density at radius 1 is 1.19 bits per heavy atom. The molecule has 1 aromatic carbocycles. The molecule has 0 bridgehead atoms. The van der Waals surface area contributed by atoms with Gasteiger partial charge in [0.15, 0.2) is 0 Å². The molecule has 1 atom stereocenters. The number of morpholine rings is 1. The second-order valence-corrected chi connectivity index (χ2v) is 7.68. The fourth-order valence-electron chi connectivity index (χ4n) is 3.75. The van der Waals surface area contributed by atoms with Crippen LogP contribution in [0.5, 0.6) is 0 Å². The number of carbonyl (C=O) groups is 1. The molecule has 1 aliphatic rings. The van der Waals surface area contributed by atoms with Crippen LogP contribution in [0.25, 0.3) is 0 Å². The van der Waals surface area contributed by atoms with E-state index in [0.29, 0.717) is 32.0 Å². The third-order valence-corrected chi connectivity index (χ3v) is 5.35. The maximum Gasteiger partial charge on any atom is 0.347 e. The molecule has 2 N–H and O–H groups in total. The molecule has 1 fully saturated rings. The predicted molar refractivity (Wildman–Crippen MR) is 120 cm³/mol. The number of urea groups is 1. The van der Waals surface area contributed by atoms with Crippen molar-refractivity contribution in [3.8, 4) is 0 Å². The normalized spacial score (nSPS) is 15.3. The van der Waals surface area contributed by atoms with Crippen molar-refractivity contribution in [3.63, 3.8) is 0 Å². The van der Waals surface area contributed by atoms with Crippen LogP contribution < -0.4 is 16.3 Å². The fourth-order valence-corrected chi connectivity index (χ4v) is 3.75. The Morgan fingerprint density at radius 2 is 2.03 bits per heavy atom. The molecule has 1 aliphatic heterocycles. The Kier molecular flexibility index (Phi) is 6.98. The van der Waals surface area contributed by atoms with E-state index in [1.807, 2.05) is 43.3 Å². The smallest absolute Gasteiger partial charge is 0.347 e. The third-order valence-electron chi connectivity index (χ3n) is 5.35.